The molecule has 0 spiro atoms. The molecular formula is C23H24Cl3N3S. The van der Waals surface area contributed by atoms with Crippen molar-refractivity contribution in [1.29, 1.82) is 0 Å². The zero-order valence-corrected chi connectivity index (χ0v) is 19.9. The highest BCUT2D eigenvalue weighted by Gasteiger charge is 2.32. The molecule has 7 heteroatoms. The lowest BCUT2D eigenvalue weighted by molar-refractivity contribution is 0.496. The Bertz CT molecular complexity index is 1030. The molecule has 30 heavy (non-hydrogen) atoms. The number of nitrogens with one attached hydrogen (secondary N) is 3. The second-order valence-electron chi connectivity index (χ2n) is 7.23. The monoisotopic (exact) mass is 479 g/mol. The van der Waals surface area contributed by atoms with Gasteiger partial charge < -0.3 is 10.6 Å². The second kappa shape index (κ2) is 10.2. The number of aryl methyl sites for hydroxylation is 2. The Labute approximate surface area is 198 Å². The largest absolute Gasteiger partial charge is 0.343 e. The highest BCUT2D eigenvalue weighted by atomic mass is 35.6. The summed E-state index contributed by atoms with van der Waals surface area (Å²) in [6.45, 7) is 4.66. The molecule has 0 heterocycles. The van der Waals surface area contributed by atoms with E-state index in [2.05, 4.69) is 52.3 Å². The van der Waals surface area contributed by atoms with Gasteiger partial charge in [0, 0.05) is 12.2 Å². The van der Waals surface area contributed by atoms with Gasteiger partial charge in [-0.15, -0.1) is 0 Å². The lowest BCUT2D eigenvalue weighted by Gasteiger charge is -2.28. The molecule has 0 saturated carbocycles. The molecule has 3 aromatic rings. The molecule has 3 N–H and O–H groups in total. The van der Waals surface area contributed by atoms with Crippen molar-refractivity contribution < 1.29 is 0 Å². The Balaban J connectivity index is 1.63. The van der Waals surface area contributed by atoms with Gasteiger partial charge in [-0.1, -0.05) is 89.4 Å². The van der Waals surface area contributed by atoms with E-state index < -0.39 is 9.96 Å². The summed E-state index contributed by atoms with van der Waals surface area (Å²) in [7, 11) is 0. The number of thiocarbonyl (C=S) groups is 1. The maximum absolute atomic E-state index is 6.20. The van der Waals surface area contributed by atoms with E-state index in [-0.39, 0.29) is 0 Å². The summed E-state index contributed by atoms with van der Waals surface area (Å²) in [6.07, 6.45) is 0.139. The van der Waals surface area contributed by atoms with Crippen LogP contribution in [-0.4, -0.2) is 21.6 Å². The molecular weight excluding hydrogens is 457 g/mol. The summed E-state index contributed by atoms with van der Waals surface area (Å²) in [5, 5.41) is 12.4. The SMILES string of the molecule is Cc1ccc(C)c(NC(=S)NC(NCCc2cccc3ccccc23)C(Cl)(Cl)Cl)c1. The first-order valence-corrected chi connectivity index (χ1v) is 11.2. The van der Waals surface area contributed by atoms with E-state index in [0.29, 0.717) is 11.7 Å². The first kappa shape index (κ1) is 23.1. The molecule has 1 atom stereocenters. The third-order valence-electron chi connectivity index (χ3n) is 4.87. The minimum Gasteiger partial charge on any atom is -0.343 e. The smallest absolute Gasteiger partial charge is 0.223 e. The summed E-state index contributed by atoms with van der Waals surface area (Å²) in [6, 6.07) is 20.7. The fourth-order valence-corrected chi connectivity index (χ4v) is 3.89. The predicted octanol–water partition coefficient (Wildman–Crippen LogP) is 6.27. The molecule has 0 amide bonds. The number of hydrogen-bond donors (Lipinski definition) is 3. The zero-order chi connectivity index (χ0) is 21.7. The zero-order valence-electron chi connectivity index (χ0n) is 16.8. The van der Waals surface area contributed by atoms with E-state index in [4.69, 9.17) is 47.0 Å². The fraction of sp³-hybridized carbons (Fsp3) is 0.261. The molecule has 0 aliphatic carbocycles. The first-order valence-electron chi connectivity index (χ1n) is 9.65. The second-order valence-corrected chi connectivity index (χ2v) is 10.0. The molecule has 1 unspecified atom stereocenters. The summed E-state index contributed by atoms with van der Waals surface area (Å²) in [5.74, 6) is 0. The number of rotatable bonds is 6. The van der Waals surface area contributed by atoms with Gasteiger partial charge in [-0.2, -0.15) is 0 Å². The Morgan fingerprint density at radius 1 is 1.00 bits per heavy atom. The highest BCUT2D eigenvalue weighted by Crippen LogP contribution is 2.29. The van der Waals surface area contributed by atoms with Crippen molar-refractivity contribution in [3.8, 4) is 0 Å². The number of benzene rings is 3. The molecule has 3 aromatic carbocycles. The molecule has 0 fully saturated rings. The van der Waals surface area contributed by atoms with Crippen LogP contribution in [0.15, 0.2) is 60.7 Å². The Hall–Kier alpha value is -1.56. The topological polar surface area (TPSA) is 36.1 Å². The van der Waals surface area contributed by atoms with E-state index in [0.717, 1.165) is 23.2 Å². The minimum absolute atomic E-state index is 0.387. The molecule has 3 rings (SSSR count). The molecule has 158 valence electrons. The van der Waals surface area contributed by atoms with Gasteiger partial charge in [-0.05, 0) is 66.0 Å². The Morgan fingerprint density at radius 2 is 1.73 bits per heavy atom. The van der Waals surface area contributed by atoms with Gasteiger partial charge in [-0.25, -0.2) is 0 Å². The van der Waals surface area contributed by atoms with E-state index in [1.165, 1.54) is 16.3 Å². The van der Waals surface area contributed by atoms with E-state index in [9.17, 15) is 0 Å². The van der Waals surface area contributed by atoms with E-state index >= 15 is 0 Å². The van der Waals surface area contributed by atoms with Crippen LogP contribution < -0.4 is 16.0 Å². The van der Waals surface area contributed by atoms with Crippen LogP contribution in [0.1, 0.15) is 16.7 Å². The van der Waals surface area contributed by atoms with Crippen molar-refractivity contribution in [2.45, 2.75) is 30.2 Å². The summed E-state index contributed by atoms with van der Waals surface area (Å²) < 4.78 is -1.58. The van der Waals surface area contributed by atoms with Gasteiger partial charge in [0.15, 0.2) is 5.11 Å². The predicted molar refractivity (Wildman–Crippen MR) is 135 cm³/mol. The van der Waals surface area contributed by atoms with Gasteiger partial charge in [0.05, 0.1) is 0 Å². The maximum atomic E-state index is 6.20. The van der Waals surface area contributed by atoms with Gasteiger partial charge in [0.25, 0.3) is 0 Å². The van der Waals surface area contributed by atoms with Crippen molar-refractivity contribution in [2.24, 2.45) is 0 Å². The first-order chi connectivity index (χ1) is 14.2. The molecule has 0 aliphatic heterocycles. The van der Waals surface area contributed by atoms with Crippen LogP contribution >= 0.6 is 47.0 Å². The van der Waals surface area contributed by atoms with Crippen LogP contribution in [0, 0.1) is 13.8 Å². The van der Waals surface area contributed by atoms with Crippen molar-refractivity contribution >= 4 is 68.6 Å². The molecule has 0 aliphatic rings. The molecule has 0 saturated heterocycles. The quantitative estimate of drug-likeness (QED) is 0.221. The maximum Gasteiger partial charge on any atom is 0.223 e. The van der Waals surface area contributed by atoms with Crippen LogP contribution in [0.3, 0.4) is 0 Å². The van der Waals surface area contributed by atoms with Gasteiger partial charge in [0.2, 0.25) is 3.79 Å². The average molecular weight is 481 g/mol. The normalized spacial score (nSPS) is 12.6. The number of hydrogen-bond acceptors (Lipinski definition) is 2. The van der Waals surface area contributed by atoms with Crippen LogP contribution in [0.2, 0.25) is 0 Å². The number of halogens is 3. The van der Waals surface area contributed by atoms with Crippen molar-refractivity contribution in [3.05, 3.63) is 77.4 Å². The Morgan fingerprint density at radius 3 is 2.50 bits per heavy atom. The number of alkyl halides is 3. The molecule has 0 radical (unpaired) electrons. The van der Waals surface area contributed by atoms with E-state index in [1.807, 2.05) is 38.1 Å². The third-order valence-corrected chi connectivity index (χ3v) is 5.74. The fourth-order valence-electron chi connectivity index (χ4n) is 3.27. The van der Waals surface area contributed by atoms with Crippen molar-refractivity contribution in [1.82, 2.24) is 10.6 Å². The highest BCUT2D eigenvalue weighted by molar-refractivity contribution is 7.80. The summed E-state index contributed by atoms with van der Waals surface area (Å²) >= 11 is 24.0. The Kier molecular flexibility index (Phi) is 7.83. The van der Waals surface area contributed by atoms with Crippen LogP contribution in [-0.2, 0) is 6.42 Å². The minimum atomic E-state index is -1.58. The molecule has 0 bridgehead atoms. The van der Waals surface area contributed by atoms with Gasteiger partial charge >= 0.3 is 0 Å². The van der Waals surface area contributed by atoms with E-state index in [1.54, 1.807) is 0 Å². The number of anilines is 1. The molecule has 3 nitrogen and oxygen atoms in total. The van der Waals surface area contributed by atoms with Crippen LogP contribution in [0.4, 0.5) is 5.69 Å². The lowest BCUT2D eigenvalue weighted by atomic mass is 10.0. The van der Waals surface area contributed by atoms with Gasteiger partial charge in [-0.3, -0.25) is 5.32 Å². The standard InChI is InChI=1S/C23H24Cl3N3S/c1-15-10-11-16(2)20(14-15)28-22(30)29-21(23(24,25)26)27-13-12-18-8-5-7-17-6-3-4-9-19(17)18/h3-11,14,21,27H,12-13H2,1-2H3,(H2,28,29,30). The van der Waals surface area contributed by atoms with Crippen molar-refractivity contribution in [2.75, 3.05) is 11.9 Å². The molecule has 0 aromatic heterocycles. The number of fused-ring (bicyclic) bond motifs is 1. The van der Waals surface area contributed by atoms with Gasteiger partial charge in [0.1, 0.15) is 6.17 Å². The lowest BCUT2D eigenvalue weighted by Crippen LogP contribution is -2.54. The summed E-state index contributed by atoms with van der Waals surface area (Å²) in [4.78, 5) is 0. The summed E-state index contributed by atoms with van der Waals surface area (Å²) in [5.41, 5.74) is 4.38. The third kappa shape index (κ3) is 6.22. The van der Waals surface area contributed by atoms with Crippen LogP contribution in [0.5, 0.6) is 0 Å². The van der Waals surface area contributed by atoms with Crippen LogP contribution in [0.25, 0.3) is 10.8 Å². The van der Waals surface area contributed by atoms with Crippen molar-refractivity contribution in [3.63, 3.8) is 0 Å². The average Bonchev–Trinajstić information content (AvgIpc) is 2.69.